The fraction of sp³-hybridized carbons (Fsp3) is 0.955. The van der Waals surface area contributed by atoms with E-state index in [1.807, 2.05) is 0 Å². The summed E-state index contributed by atoms with van der Waals surface area (Å²) in [5, 5.41) is 0. The summed E-state index contributed by atoms with van der Waals surface area (Å²) >= 11 is 0. The fourth-order valence-electron chi connectivity index (χ4n) is 3.68. The average molecular weight is 340 g/mol. The third-order valence-electron chi connectivity index (χ3n) is 5.81. The monoisotopic (exact) mass is 339 g/mol. The molecular formula is C22H45NO. The van der Waals surface area contributed by atoms with Crippen LogP contribution in [0.4, 0.5) is 0 Å². The van der Waals surface area contributed by atoms with Crippen molar-refractivity contribution in [1.29, 1.82) is 0 Å². The summed E-state index contributed by atoms with van der Waals surface area (Å²) in [5.41, 5.74) is 5.37. The van der Waals surface area contributed by atoms with Gasteiger partial charge in [-0.2, -0.15) is 0 Å². The summed E-state index contributed by atoms with van der Waals surface area (Å²) < 4.78 is 0. The molecular weight excluding hydrogens is 294 g/mol. The molecule has 0 aliphatic rings. The molecule has 0 unspecified atom stereocenters. The van der Waals surface area contributed by atoms with Crippen molar-refractivity contribution in [3.05, 3.63) is 0 Å². The number of rotatable bonds is 17. The van der Waals surface area contributed by atoms with Crippen LogP contribution in [0.3, 0.4) is 0 Å². The van der Waals surface area contributed by atoms with Gasteiger partial charge in [0.05, 0.1) is 0 Å². The number of nitrogens with two attached hydrogens (primary N) is 1. The number of carbonyl (C=O) groups is 1. The highest BCUT2D eigenvalue weighted by atomic mass is 16.1. The first kappa shape index (κ1) is 23.5. The van der Waals surface area contributed by atoms with Gasteiger partial charge in [0.25, 0.3) is 0 Å². The lowest BCUT2D eigenvalue weighted by molar-refractivity contribution is -0.128. The van der Waals surface area contributed by atoms with Crippen LogP contribution in [0.15, 0.2) is 0 Å². The summed E-state index contributed by atoms with van der Waals surface area (Å²) in [6.07, 6.45) is 19.1. The quantitative estimate of drug-likeness (QED) is 0.285. The molecule has 0 fully saturated rings. The summed E-state index contributed by atoms with van der Waals surface area (Å²) in [6.45, 7) is 8.82. The SMILES string of the molecule is CCC(CC)(CCCCCCCCCCCCCC(C)C)C(N)=O. The zero-order chi connectivity index (χ0) is 18.3. The van der Waals surface area contributed by atoms with Crippen molar-refractivity contribution in [2.75, 3.05) is 0 Å². The maximum atomic E-state index is 11.7. The van der Waals surface area contributed by atoms with Gasteiger partial charge in [-0.1, -0.05) is 105 Å². The van der Waals surface area contributed by atoms with Gasteiger partial charge >= 0.3 is 0 Å². The van der Waals surface area contributed by atoms with Crippen LogP contribution in [-0.2, 0) is 4.79 Å². The minimum atomic E-state index is -0.241. The fourth-order valence-corrected chi connectivity index (χ4v) is 3.68. The molecule has 0 aliphatic heterocycles. The molecule has 0 atom stereocenters. The number of hydrogen-bond acceptors (Lipinski definition) is 1. The second kappa shape index (κ2) is 14.8. The van der Waals surface area contributed by atoms with Gasteiger partial charge in [0, 0.05) is 5.41 Å². The van der Waals surface area contributed by atoms with E-state index in [0.717, 1.165) is 31.6 Å². The van der Waals surface area contributed by atoms with Crippen LogP contribution in [0.1, 0.15) is 124 Å². The van der Waals surface area contributed by atoms with E-state index < -0.39 is 0 Å². The van der Waals surface area contributed by atoms with Crippen LogP contribution in [0.2, 0.25) is 0 Å². The lowest BCUT2D eigenvalue weighted by Gasteiger charge is -2.27. The first-order valence-corrected chi connectivity index (χ1v) is 10.8. The van der Waals surface area contributed by atoms with E-state index in [4.69, 9.17) is 5.73 Å². The molecule has 0 rings (SSSR count). The third-order valence-corrected chi connectivity index (χ3v) is 5.81. The Hall–Kier alpha value is -0.530. The summed E-state index contributed by atoms with van der Waals surface area (Å²) in [4.78, 5) is 11.7. The van der Waals surface area contributed by atoms with E-state index in [1.165, 1.54) is 70.6 Å². The minimum Gasteiger partial charge on any atom is -0.369 e. The largest absolute Gasteiger partial charge is 0.369 e. The Morgan fingerprint density at radius 2 is 1.12 bits per heavy atom. The third kappa shape index (κ3) is 11.1. The van der Waals surface area contributed by atoms with Crippen LogP contribution in [-0.4, -0.2) is 5.91 Å². The number of hydrogen-bond donors (Lipinski definition) is 1. The molecule has 0 bridgehead atoms. The summed E-state index contributed by atoms with van der Waals surface area (Å²) in [6, 6.07) is 0. The predicted molar refractivity (Wildman–Crippen MR) is 107 cm³/mol. The molecule has 144 valence electrons. The molecule has 24 heavy (non-hydrogen) atoms. The topological polar surface area (TPSA) is 43.1 Å². The smallest absolute Gasteiger partial charge is 0.223 e. The number of primary amides is 1. The minimum absolute atomic E-state index is 0.0964. The molecule has 0 radical (unpaired) electrons. The molecule has 0 aliphatic carbocycles. The van der Waals surface area contributed by atoms with Crippen molar-refractivity contribution in [3.8, 4) is 0 Å². The van der Waals surface area contributed by atoms with Gasteiger partial charge in [0.2, 0.25) is 5.91 Å². The Kier molecular flexibility index (Phi) is 14.5. The first-order valence-electron chi connectivity index (χ1n) is 10.8. The van der Waals surface area contributed by atoms with Crippen LogP contribution in [0, 0.1) is 11.3 Å². The predicted octanol–water partition coefficient (Wildman–Crippen LogP) is 7.01. The van der Waals surface area contributed by atoms with Crippen LogP contribution >= 0.6 is 0 Å². The van der Waals surface area contributed by atoms with Gasteiger partial charge < -0.3 is 5.73 Å². The van der Waals surface area contributed by atoms with E-state index in [2.05, 4.69) is 27.7 Å². The molecule has 2 heteroatoms. The summed E-state index contributed by atoms with van der Waals surface area (Å²) in [7, 11) is 0. The Labute approximate surface area is 152 Å². The second-order valence-electron chi connectivity index (χ2n) is 8.17. The van der Waals surface area contributed by atoms with Crippen molar-refractivity contribution < 1.29 is 4.79 Å². The molecule has 0 spiro atoms. The van der Waals surface area contributed by atoms with Crippen molar-refractivity contribution in [1.82, 2.24) is 0 Å². The molecule has 1 amide bonds. The van der Waals surface area contributed by atoms with Crippen LogP contribution < -0.4 is 5.73 Å². The molecule has 2 N–H and O–H groups in total. The van der Waals surface area contributed by atoms with Gasteiger partial charge in [-0.3, -0.25) is 4.79 Å². The normalized spacial score (nSPS) is 12.0. The van der Waals surface area contributed by atoms with Gasteiger partial charge in [0.1, 0.15) is 0 Å². The number of carbonyl (C=O) groups excluding carboxylic acids is 1. The van der Waals surface area contributed by atoms with Gasteiger partial charge in [0.15, 0.2) is 0 Å². The maximum absolute atomic E-state index is 11.7. The highest BCUT2D eigenvalue weighted by molar-refractivity contribution is 5.80. The van der Waals surface area contributed by atoms with Gasteiger partial charge in [-0.15, -0.1) is 0 Å². The lowest BCUT2D eigenvalue weighted by Crippen LogP contribution is -2.36. The van der Waals surface area contributed by atoms with E-state index in [9.17, 15) is 4.79 Å². The van der Waals surface area contributed by atoms with E-state index in [1.54, 1.807) is 0 Å². The molecule has 0 heterocycles. The van der Waals surface area contributed by atoms with Crippen molar-refractivity contribution in [2.45, 2.75) is 124 Å². The molecule has 0 saturated heterocycles. The lowest BCUT2D eigenvalue weighted by atomic mass is 9.77. The molecule has 0 saturated carbocycles. The highest BCUT2D eigenvalue weighted by Crippen LogP contribution is 2.32. The summed E-state index contributed by atoms with van der Waals surface area (Å²) in [5.74, 6) is 0.772. The molecule has 0 aromatic rings. The van der Waals surface area contributed by atoms with Crippen molar-refractivity contribution in [2.24, 2.45) is 17.1 Å². The zero-order valence-electron chi connectivity index (χ0n) is 17.2. The van der Waals surface area contributed by atoms with Gasteiger partial charge in [-0.25, -0.2) is 0 Å². The average Bonchev–Trinajstić information content (AvgIpc) is 2.55. The standard InChI is InChI=1S/C22H45NO/c1-5-22(6-2,21(23)24)19-17-15-13-11-9-7-8-10-12-14-16-18-20(3)4/h20H,5-19H2,1-4H3,(H2,23,24). The number of amides is 1. The Bertz CT molecular complexity index is 294. The van der Waals surface area contributed by atoms with Crippen molar-refractivity contribution >= 4 is 5.91 Å². The van der Waals surface area contributed by atoms with E-state index in [0.29, 0.717) is 0 Å². The van der Waals surface area contributed by atoms with E-state index >= 15 is 0 Å². The maximum Gasteiger partial charge on any atom is 0.223 e. The molecule has 2 nitrogen and oxygen atoms in total. The van der Waals surface area contributed by atoms with Crippen molar-refractivity contribution in [3.63, 3.8) is 0 Å². The van der Waals surface area contributed by atoms with Gasteiger partial charge in [-0.05, 0) is 25.2 Å². The number of unbranched alkanes of at least 4 members (excludes halogenated alkanes) is 10. The zero-order valence-corrected chi connectivity index (χ0v) is 17.2. The Balaban J connectivity index is 3.41. The Morgan fingerprint density at radius 1 is 0.750 bits per heavy atom. The second-order valence-corrected chi connectivity index (χ2v) is 8.17. The van der Waals surface area contributed by atoms with E-state index in [-0.39, 0.29) is 11.3 Å². The van der Waals surface area contributed by atoms with Crippen LogP contribution in [0.25, 0.3) is 0 Å². The Morgan fingerprint density at radius 3 is 1.46 bits per heavy atom. The molecule has 0 aromatic heterocycles. The highest BCUT2D eigenvalue weighted by Gasteiger charge is 2.31. The molecule has 0 aromatic carbocycles. The van der Waals surface area contributed by atoms with Crippen LogP contribution in [0.5, 0.6) is 0 Å². The first-order chi connectivity index (χ1) is 11.5.